The van der Waals surface area contributed by atoms with Crippen LogP contribution in [0.2, 0.25) is 0 Å². The molecular formula is C25H20N2O3S. The van der Waals surface area contributed by atoms with Crippen LogP contribution in [0.1, 0.15) is 33.0 Å². The molecule has 1 aliphatic rings. The molecule has 1 heterocycles. The molecule has 31 heavy (non-hydrogen) atoms. The van der Waals surface area contributed by atoms with Crippen molar-refractivity contribution >= 4 is 17.7 Å². The first kappa shape index (κ1) is 20.6. The van der Waals surface area contributed by atoms with Gasteiger partial charge in [0.25, 0.3) is 0 Å². The molecule has 6 heteroatoms. The minimum Gasteiger partial charge on any atom is -0.440 e. The second kappa shape index (κ2) is 8.58. The van der Waals surface area contributed by atoms with E-state index >= 15 is 0 Å². The first-order valence-corrected chi connectivity index (χ1v) is 10.9. The van der Waals surface area contributed by atoms with Gasteiger partial charge in [0, 0.05) is 16.5 Å². The minimum atomic E-state index is -0.457. The third-order valence-corrected chi connectivity index (χ3v) is 5.88. The predicted octanol–water partition coefficient (Wildman–Crippen LogP) is 5.15. The zero-order chi connectivity index (χ0) is 22.0. The van der Waals surface area contributed by atoms with Gasteiger partial charge in [0.1, 0.15) is 23.1 Å². The quantitative estimate of drug-likeness (QED) is 0.351. The van der Waals surface area contributed by atoms with Crippen LogP contribution < -0.4 is 15.2 Å². The monoisotopic (exact) mass is 428 g/mol. The van der Waals surface area contributed by atoms with E-state index in [1.807, 2.05) is 55.6 Å². The highest BCUT2D eigenvalue weighted by molar-refractivity contribution is 7.98. The molecule has 1 unspecified atom stereocenters. The van der Waals surface area contributed by atoms with E-state index in [2.05, 4.69) is 6.07 Å². The van der Waals surface area contributed by atoms with Crippen molar-refractivity contribution in [2.75, 3.05) is 6.26 Å². The maximum absolute atomic E-state index is 12.5. The average Bonchev–Trinajstić information content (AvgIpc) is 2.78. The van der Waals surface area contributed by atoms with Gasteiger partial charge in [-0.05, 0) is 49.1 Å². The molecule has 0 aromatic heterocycles. The number of nitriles is 1. The molecule has 3 aromatic carbocycles. The number of hydrogen-bond acceptors (Lipinski definition) is 6. The fraction of sp³-hybridized carbons (Fsp3) is 0.120. The molecule has 154 valence electrons. The topological polar surface area (TPSA) is 85.3 Å². The Labute approximate surface area is 185 Å². The molecule has 4 rings (SSSR count). The lowest BCUT2D eigenvalue weighted by atomic mass is 9.83. The highest BCUT2D eigenvalue weighted by atomic mass is 32.2. The van der Waals surface area contributed by atoms with Crippen LogP contribution in [0, 0.1) is 18.3 Å². The molecule has 3 aromatic rings. The number of rotatable bonds is 4. The van der Waals surface area contributed by atoms with Crippen molar-refractivity contribution in [3.05, 3.63) is 100 Å². The summed E-state index contributed by atoms with van der Waals surface area (Å²) in [6, 6.07) is 22.5. The van der Waals surface area contributed by atoms with Crippen molar-refractivity contribution in [3.8, 4) is 17.6 Å². The SMILES string of the molecule is CSc1ccc(C2C(C#N)=C(N)Oc3cc(OC(=O)c4ccc(C)cc4)ccc32)cc1. The number of esters is 1. The number of thioether (sulfide) groups is 1. The summed E-state index contributed by atoms with van der Waals surface area (Å²) in [5.74, 6) is 0.0438. The van der Waals surface area contributed by atoms with Crippen molar-refractivity contribution in [2.24, 2.45) is 5.73 Å². The number of carbonyl (C=O) groups is 1. The largest absolute Gasteiger partial charge is 0.440 e. The Balaban J connectivity index is 1.67. The highest BCUT2D eigenvalue weighted by Crippen LogP contribution is 2.43. The molecule has 5 nitrogen and oxygen atoms in total. The summed E-state index contributed by atoms with van der Waals surface area (Å²) >= 11 is 1.65. The van der Waals surface area contributed by atoms with Crippen molar-refractivity contribution in [1.29, 1.82) is 5.26 Å². The Morgan fingerprint density at radius 1 is 1.10 bits per heavy atom. The summed E-state index contributed by atoms with van der Waals surface area (Å²) in [6.45, 7) is 1.95. The zero-order valence-corrected chi connectivity index (χ0v) is 17.9. The molecule has 0 aliphatic carbocycles. The second-order valence-corrected chi connectivity index (χ2v) is 8.03. The van der Waals surface area contributed by atoms with E-state index in [1.54, 1.807) is 36.0 Å². The van der Waals surface area contributed by atoms with Crippen molar-refractivity contribution < 1.29 is 14.3 Å². The maximum Gasteiger partial charge on any atom is 0.343 e. The van der Waals surface area contributed by atoms with Gasteiger partial charge in [0.05, 0.1) is 11.5 Å². The van der Waals surface area contributed by atoms with E-state index in [9.17, 15) is 10.1 Å². The van der Waals surface area contributed by atoms with Gasteiger partial charge >= 0.3 is 5.97 Å². The van der Waals surface area contributed by atoms with E-state index < -0.39 is 5.97 Å². The Morgan fingerprint density at radius 2 is 1.81 bits per heavy atom. The summed E-state index contributed by atoms with van der Waals surface area (Å²) in [5.41, 5.74) is 9.67. The first-order valence-electron chi connectivity index (χ1n) is 9.64. The van der Waals surface area contributed by atoms with Gasteiger partial charge in [0.2, 0.25) is 5.88 Å². The van der Waals surface area contributed by atoms with Gasteiger partial charge in [-0.25, -0.2) is 4.79 Å². The number of fused-ring (bicyclic) bond motifs is 1. The van der Waals surface area contributed by atoms with Crippen LogP contribution in [0.25, 0.3) is 0 Å². The van der Waals surface area contributed by atoms with E-state index in [4.69, 9.17) is 15.2 Å². The lowest BCUT2D eigenvalue weighted by Crippen LogP contribution is -2.21. The molecule has 0 bridgehead atoms. The summed E-state index contributed by atoms with van der Waals surface area (Å²) in [7, 11) is 0. The van der Waals surface area contributed by atoms with E-state index in [0.717, 1.165) is 21.6 Å². The number of carbonyl (C=O) groups excluding carboxylic acids is 1. The smallest absolute Gasteiger partial charge is 0.343 e. The first-order chi connectivity index (χ1) is 15.0. The number of nitrogens with zero attached hydrogens (tertiary/aromatic N) is 1. The molecule has 1 aliphatic heterocycles. The van der Waals surface area contributed by atoms with Gasteiger partial charge in [-0.3, -0.25) is 0 Å². The molecule has 0 amide bonds. The number of benzene rings is 3. The lowest BCUT2D eigenvalue weighted by molar-refractivity contribution is 0.0734. The van der Waals surface area contributed by atoms with E-state index in [-0.39, 0.29) is 11.8 Å². The molecule has 0 saturated heterocycles. The van der Waals surface area contributed by atoms with Crippen LogP contribution in [-0.4, -0.2) is 12.2 Å². The fourth-order valence-electron chi connectivity index (χ4n) is 3.49. The Kier molecular flexibility index (Phi) is 5.70. The van der Waals surface area contributed by atoms with Gasteiger partial charge < -0.3 is 15.2 Å². The fourth-order valence-corrected chi connectivity index (χ4v) is 3.90. The van der Waals surface area contributed by atoms with Crippen molar-refractivity contribution in [1.82, 2.24) is 0 Å². The molecule has 0 spiro atoms. The summed E-state index contributed by atoms with van der Waals surface area (Å²) < 4.78 is 11.2. The summed E-state index contributed by atoms with van der Waals surface area (Å²) in [6.07, 6.45) is 2.01. The van der Waals surface area contributed by atoms with Gasteiger partial charge in [-0.1, -0.05) is 35.9 Å². The Bertz CT molecular complexity index is 1210. The van der Waals surface area contributed by atoms with Gasteiger partial charge in [-0.2, -0.15) is 5.26 Å². The minimum absolute atomic E-state index is 0.0518. The molecule has 0 fully saturated rings. The molecular weight excluding hydrogens is 408 g/mol. The number of nitrogens with two attached hydrogens (primary N) is 1. The summed E-state index contributed by atoms with van der Waals surface area (Å²) in [4.78, 5) is 13.6. The maximum atomic E-state index is 12.5. The lowest BCUT2D eigenvalue weighted by Gasteiger charge is -2.26. The molecule has 0 radical (unpaired) electrons. The highest BCUT2D eigenvalue weighted by Gasteiger charge is 2.31. The van der Waals surface area contributed by atoms with Crippen LogP contribution in [0.15, 0.2) is 83.1 Å². The van der Waals surface area contributed by atoms with Crippen LogP contribution in [-0.2, 0) is 0 Å². The normalized spacial score (nSPS) is 14.9. The van der Waals surface area contributed by atoms with Crippen molar-refractivity contribution in [3.63, 3.8) is 0 Å². The Hall–Kier alpha value is -3.69. The third kappa shape index (κ3) is 4.14. The standard InChI is InChI=1S/C25H20N2O3S/c1-15-3-5-17(6-4-15)25(28)29-18-9-12-20-22(13-18)30-24(27)21(14-26)23(20)16-7-10-19(31-2)11-8-16/h3-13,23H,27H2,1-2H3. The van der Waals surface area contributed by atoms with Gasteiger partial charge in [-0.15, -0.1) is 11.8 Å². The molecule has 1 atom stereocenters. The Morgan fingerprint density at radius 3 is 2.45 bits per heavy atom. The number of allylic oxidation sites excluding steroid dienone is 1. The van der Waals surface area contributed by atoms with Crippen molar-refractivity contribution in [2.45, 2.75) is 17.7 Å². The molecule has 0 saturated carbocycles. The predicted molar refractivity (Wildman–Crippen MR) is 120 cm³/mol. The van der Waals surface area contributed by atoms with Gasteiger partial charge in [0.15, 0.2) is 0 Å². The zero-order valence-electron chi connectivity index (χ0n) is 17.1. The van der Waals surface area contributed by atoms with E-state index in [1.165, 1.54) is 0 Å². The average molecular weight is 429 g/mol. The van der Waals surface area contributed by atoms with Crippen LogP contribution in [0.4, 0.5) is 0 Å². The second-order valence-electron chi connectivity index (χ2n) is 7.15. The van der Waals surface area contributed by atoms with Crippen LogP contribution >= 0.6 is 11.8 Å². The number of aryl methyl sites for hydroxylation is 1. The molecule has 2 N–H and O–H groups in total. The van der Waals surface area contributed by atoms with Crippen LogP contribution in [0.5, 0.6) is 11.5 Å². The summed E-state index contributed by atoms with van der Waals surface area (Å²) in [5, 5.41) is 9.70. The number of ether oxygens (including phenoxy) is 2. The van der Waals surface area contributed by atoms with E-state index in [0.29, 0.717) is 22.6 Å². The van der Waals surface area contributed by atoms with Crippen LogP contribution in [0.3, 0.4) is 0 Å². The number of hydrogen-bond donors (Lipinski definition) is 1. The third-order valence-electron chi connectivity index (χ3n) is 5.14.